The average molecular weight is 278 g/mol. The fourth-order valence-corrected chi connectivity index (χ4v) is 1.59. The highest BCUT2D eigenvalue weighted by molar-refractivity contribution is 5.84. The molecule has 0 aromatic carbocycles. The van der Waals surface area contributed by atoms with Gasteiger partial charge in [0.05, 0.1) is 6.33 Å². The second-order valence-electron chi connectivity index (χ2n) is 4.14. The van der Waals surface area contributed by atoms with Crippen LogP contribution in [0.5, 0.6) is 0 Å². The molecule has 0 fully saturated rings. The van der Waals surface area contributed by atoms with Gasteiger partial charge in [-0.3, -0.25) is 4.79 Å². The summed E-state index contributed by atoms with van der Waals surface area (Å²) in [4.78, 5) is 30.0. The van der Waals surface area contributed by atoms with Crippen molar-refractivity contribution in [1.29, 1.82) is 0 Å². The van der Waals surface area contributed by atoms with E-state index in [1.165, 1.54) is 29.9 Å². The average Bonchev–Trinajstić information content (AvgIpc) is 3.08. The Bertz CT molecular complexity index is 591. The van der Waals surface area contributed by atoms with Crippen LogP contribution < -0.4 is 5.32 Å². The van der Waals surface area contributed by atoms with Gasteiger partial charge in [-0.25, -0.2) is 19.4 Å². The second-order valence-corrected chi connectivity index (χ2v) is 4.14. The first-order valence-electron chi connectivity index (χ1n) is 5.95. The number of carbonyl (C=O) groups excluding carboxylic acids is 1. The molecule has 2 heterocycles. The summed E-state index contributed by atoms with van der Waals surface area (Å²) < 4.78 is 3.05. The minimum Gasteiger partial charge on any atom is -0.476 e. The van der Waals surface area contributed by atoms with Gasteiger partial charge in [0.1, 0.15) is 18.7 Å². The Labute approximate surface area is 114 Å². The van der Waals surface area contributed by atoms with Crippen LogP contribution in [0.15, 0.2) is 25.2 Å². The fraction of sp³-hybridized carbons (Fsp3) is 0.364. The number of aromatic carboxylic acids is 1. The smallest absolute Gasteiger partial charge is 0.356 e. The third-order valence-corrected chi connectivity index (χ3v) is 2.73. The van der Waals surface area contributed by atoms with Gasteiger partial charge in [-0.1, -0.05) is 0 Å². The molecule has 106 valence electrons. The van der Waals surface area contributed by atoms with Crippen molar-refractivity contribution in [3.63, 3.8) is 0 Å². The number of imidazole rings is 1. The number of rotatable bonds is 6. The summed E-state index contributed by atoms with van der Waals surface area (Å²) >= 11 is 0. The Morgan fingerprint density at radius 2 is 2.25 bits per heavy atom. The zero-order valence-electron chi connectivity index (χ0n) is 10.8. The molecule has 2 aromatic heterocycles. The second kappa shape index (κ2) is 5.95. The summed E-state index contributed by atoms with van der Waals surface area (Å²) in [5.41, 5.74) is -0.0210. The first kappa shape index (κ1) is 13.7. The Morgan fingerprint density at radius 1 is 1.45 bits per heavy atom. The van der Waals surface area contributed by atoms with E-state index in [1.54, 1.807) is 11.5 Å². The number of nitrogens with zero attached hydrogens (tertiary/aromatic N) is 5. The molecule has 2 rings (SSSR count). The number of hydrogen-bond acceptors (Lipinski definition) is 5. The molecular formula is C11H14N6O3. The van der Waals surface area contributed by atoms with Gasteiger partial charge in [0.2, 0.25) is 5.91 Å². The van der Waals surface area contributed by atoms with Crippen LogP contribution in [0.2, 0.25) is 0 Å². The molecule has 1 amide bonds. The Morgan fingerprint density at radius 3 is 2.85 bits per heavy atom. The first-order chi connectivity index (χ1) is 9.58. The Kier molecular flexibility index (Phi) is 4.08. The van der Waals surface area contributed by atoms with Crippen LogP contribution in [-0.4, -0.2) is 47.8 Å². The van der Waals surface area contributed by atoms with Crippen molar-refractivity contribution in [3.05, 3.63) is 30.9 Å². The van der Waals surface area contributed by atoms with E-state index >= 15 is 0 Å². The Hall–Kier alpha value is -2.71. The highest BCUT2D eigenvalue weighted by Crippen LogP contribution is 2.01. The molecule has 9 nitrogen and oxygen atoms in total. The predicted octanol–water partition coefficient (Wildman–Crippen LogP) is -0.450. The lowest BCUT2D eigenvalue weighted by molar-refractivity contribution is -0.124. The van der Waals surface area contributed by atoms with Gasteiger partial charge in [0.15, 0.2) is 5.69 Å². The van der Waals surface area contributed by atoms with Crippen molar-refractivity contribution in [2.45, 2.75) is 19.5 Å². The molecule has 2 aromatic rings. The summed E-state index contributed by atoms with van der Waals surface area (Å²) in [6, 6.07) is -0.449. The number of nitrogens with one attached hydrogen (secondary N) is 1. The molecule has 1 unspecified atom stereocenters. The van der Waals surface area contributed by atoms with E-state index in [1.807, 2.05) is 0 Å². The minimum atomic E-state index is -1.08. The molecule has 1 atom stereocenters. The standard InChI is InChI=1S/C11H14N6O3/c1-8(17-6-12-5-15-17)10(18)13-2-3-16-4-9(11(19)20)14-7-16/h4-8H,2-3H2,1H3,(H,13,18)(H,19,20). The predicted molar refractivity (Wildman–Crippen MR) is 66.9 cm³/mol. The number of aromatic nitrogens is 5. The topological polar surface area (TPSA) is 115 Å². The highest BCUT2D eigenvalue weighted by Gasteiger charge is 2.14. The largest absolute Gasteiger partial charge is 0.476 e. The van der Waals surface area contributed by atoms with Crippen molar-refractivity contribution in [3.8, 4) is 0 Å². The van der Waals surface area contributed by atoms with Crippen molar-refractivity contribution >= 4 is 11.9 Å². The van der Waals surface area contributed by atoms with Gasteiger partial charge in [0, 0.05) is 19.3 Å². The fourth-order valence-electron chi connectivity index (χ4n) is 1.59. The van der Waals surface area contributed by atoms with E-state index in [0.29, 0.717) is 13.1 Å². The molecule has 0 saturated carbocycles. The molecule has 20 heavy (non-hydrogen) atoms. The van der Waals surface area contributed by atoms with E-state index in [-0.39, 0.29) is 11.6 Å². The molecular weight excluding hydrogens is 264 g/mol. The lowest BCUT2D eigenvalue weighted by Gasteiger charge is -2.12. The SMILES string of the molecule is CC(C(=O)NCCn1cnc(C(=O)O)c1)n1cncn1. The van der Waals surface area contributed by atoms with E-state index in [0.717, 1.165) is 0 Å². The van der Waals surface area contributed by atoms with Gasteiger partial charge in [-0.15, -0.1) is 0 Å². The van der Waals surface area contributed by atoms with Crippen molar-refractivity contribution in [2.24, 2.45) is 0 Å². The third-order valence-electron chi connectivity index (χ3n) is 2.73. The van der Waals surface area contributed by atoms with Crippen LogP contribution in [-0.2, 0) is 11.3 Å². The number of amides is 1. The van der Waals surface area contributed by atoms with Gasteiger partial charge < -0.3 is 15.0 Å². The van der Waals surface area contributed by atoms with E-state index in [4.69, 9.17) is 5.11 Å². The summed E-state index contributed by atoms with van der Waals surface area (Å²) in [7, 11) is 0. The monoisotopic (exact) mass is 278 g/mol. The molecule has 0 spiro atoms. The minimum absolute atomic E-state index is 0.0210. The van der Waals surface area contributed by atoms with Crippen molar-refractivity contribution in [2.75, 3.05) is 6.54 Å². The quantitative estimate of drug-likeness (QED) is 0.739. The lowest BCUT2D eigenvalue weighted by Crippen LogP contribution is -2.33. The zero-order chi connectivity index (χ0) is 14.5. The van der Waals surface area contributed by atoms with Crippen LogP contribution in [0.1, 0.15) is 23.5 Å². The Balaban J connectivity index is 1.80. The van der Waals surface area contributed by atoms with E-state index < -0.39 is 12.0 Å². The summed E-state index contributed by atoms with van der Waals surface area (Å²) in [6.45, 7) is 2.52. The van der Waals surface area contributed by atoms with Crippen LogP contribution in [0, 0.1) is 0 Å². The van der Waals surface area contributed by atoms with Gasteiger partial charge in [0.25, 0.3) is 0 Å². The first-order valence-corrected chi connectivity index (χ1v) is 5.95. The molecule has 0 aliphatic rings. The maximum atomic E-state index is 11.8. The van der Waals surface area contributed by atoms with Crippen LogP contribution in [0.25, 0.3) is 0 Å². The summed E-state index contributed by atoms with van der Waals surface area (Å²) in [6.07, 6.45) is 5.66. The maximum absolute atomic E-state index is 11.8. The molecule has 0 bridgehead atoms. The van der Waals surface area contributed by atoms with Crippen molar-refractivity contribution in [1.82, 2.24) is 29.6 Å². The van der Waals surface area contributed by atoms with Gasteiger partial charge in [-0.05, 0) is 6.92 Å². The molecule has 0 aliphatic carbocycles. The number of carboxylic acids is 1. The lowest BCUT2D eigenvalue weighted by atomic mass is 10.3. The van der Waals surface area contributed by atoms with Crippen molar-refractivity contribution < 1.29 is 14.7 Å². The van der Waals surface area contributed by atoms with Crippen LogP contribution in [0.3, 0.4) is 0 Å². The van der Waals surface area contributed by atoms with Gasteiger partial charge in [-0.2, -0.15) is 5.10 Å². The normalized spacial score (nSPS) is 12.1. The molecule has 0 radical (unpaired) electrons. The number of hydrogen-bond donors (Lipinski definition) is 2. The molecule has 0 saturated heterocycles. The van der Waals surface area contributed by atoms with E-state index in [2.05, 4.69) is 20.4 Å². The maximum Gasteiger partial charge on any atom is 0.356 e. The highest BCUT2D eigenvalue weighted by atomic mass is 16.4. The number of carboxylic acid groups (broad SMARTS) is 1. The third kappa shape index (κ3) is 3.19. The molecule has 9 heteroatoms. The number of carbonyl (C=O) groups is 2. The van der Waals surface area contributed by atoms with Gasteiger partial charge >= 0.3 is 5.97 Å². The van der Waals surface area contributed by atoms with E-state index in [9.17, 15) is 9.59 Å². The zero-order valence-corrected chi connectivity index (χ0v) is 10.8. The van der Waals surface area contributed by atoms with Crippen LogP contribution in [0.4, 0.5) is 0 Å². The summed E-state index contributed by atoms with van der Waals surface area (Å²) in [5, 5.41) is 15.4. The molecule has 0 aliphatic heterocycles. The van der Waals surface area contributed by atoms with Crippen LogP contribution >= 0.6 is 0 Å². The summed E-state index contributed by atoms with van der Waals surface area (Å²) in [5.74, 6) is -1.26. The molecule has 2 N–H and O–H groups in total.